The van der Waals surface area contributed by atoms with E-state index in [1.54, 1.807) is 0 Å². The molecule has 4 nitrogen and oxygen atoms in total. The summed E-state index contributed by atoms with van der Waals surface area (Å²) in [5.41, 5.74) is 0.349. The van der Waals surface area contributed by atoms with Crippen LogP contribution in [0.4, 0.5) is 4.39 Å². The van der Waals surface area contributed by atoms with Crippen LogP contribution >= 0.6 is 15.9 Å². The second-order valence-corrected chi connectivity index (χ2v) is 4.73. The van der Waals surface area contributed by atoms with E-state index in [4.69, 9.17) is 5.11 Å². The number of hydrogen-bond acceptors (Lipinski definition) is 2. The van der Waals surface area contributed by atoms with Gasteiger partial charge in [-0.15, -0.1) is 0 Å². The van der Waals surface area contributed by atoms with Gasteiger partial charge in [0, 0.05) is 18.7 Å². The van der Waals surface area contributed by atoms with E-state index in [1.165, 1.54) is 23.1 Å². The molecule has 0 atom stereocenters. The van der Waals surface area contributed by atoms with Crippen LogP contribution in [0.25, 0.3) is 0 Å². The Morgan fingerprint density at radius 2 is 2.06 bits per heavy atom. The van der Waals surface area contributed by atoms with Crippen LogP contribution in [0.15, 0.2) is 22.7 Å². The third-order valence-electron chi connectivity index (χ3n) is 2.68. The SMILES string of the molecule is O=C(O)C1CN(C(=O)c2ccc(F)c(Br)c2)C1. The highest BCUT2D eigenvalue weighted by Crippen LogP contribution is 2.22. The topological polar surface area (TPSA) is 57.6 Å². The molecular weight excluding hydrogens is 293 g/mol. The summed E-state index contributed by atoms with van der Waals surface area (Å²) in [4.78, 5) is 23.9. The summed E-state index contributed by atoms with van der Waals surface area (Å²) < 4.78 is 13.2. The molecule has 1 aromatic rings. The number of carboxylic acids is 1. The maximum absolute atomic E-state index is 13.0. The fourth-order valence-electron chi connectivity index (χ4n) is 1.61. The number of benzene rings is 1. The summed E-state index contributed by atoms with van der Waals surface area (Å²) in [6.07, 6.45) is 0. The van der Waals surface area contributed by atoms with Crippen LogP contribution < -0.4 is 0 Å². The number of aliphatic carboxylic acids is 1. The first-order valence-electron chi connectivity index (χ1n) is 4.96. The van der Waals surface area contributed by atoms with Crippen molar-refractivity contribution >= 4 is 27.8 Å². The third-order valence-corrected chi connectivity index (χ3v) is 3.29. The first kappa shape index (κ1) is 12.0. The second kappa shape index (κ2) is 4.44. The first-order valence-corrected chi connectivity index (χ1v) is 5.75. The molecule has 0 aliphatic carbocycles. The molecule has 17 heavy (non-hydrogen) atoms. The third kappa shape index (κ3) is 2.31. The fraction of sp³-hybridized carbons (Fsp3) is 0.273. The van der Waals surface area contributed by atoms with E-state index >= 15 is 0 Å². The molecular formula is C11H9BrFNO3. The van der Waals surface area contributed by atoms with Crippen molar-refractivity contribution < 1.29 is 19.1 Å². The molecule has 0 radical (unpaired) electrons. The standard InChI is InChI=1S/C11H9BrFNO3/c12-8-3-6(1-2-9(8)13)10(15)14-4-7(5-14)11(16)17/h1-3,7H,4-5H2,(H,16,17). The van der Waals surface area contributed by atoms with Crippen molar-refractivity contribution in [3.8, 4) is 0 Å². The number of likely N-dealkylation sites (tertiary alicyclic amines) is 1. The Kier molecular flexibility index (Phi) is 3.15. The Balaban J connectivity index is 2.06. The van der Waals surface area contributed by atoms with Gasteiger partial charge in [-0.1, -0.05) is 0 Å². The normalized spacial score (nSPS) is 15.5. The number of carbonyl (C=O) groups excluding carboxylic acids is 1. The molecule has 1 amide bonds. The zero-order valence-electron chi connectivity index (χ0n) is 8.69. The molecule has 2 rings (SSSR count). The molecule has 90 valence electrons. The van der Waals surface area contributed by atoms with Crippen molar-refractivity contribution in [2.24, 2.45) is 5.92 Å². The lowest BCUT2D eigenvalue weighted by Crippen LogP contribution is -2.53. The molecule has 1 aliphatic heterocycles. The minimum atomic E-state index is -0.894. The average molecular weight is 302 g/mol. The minimum absolute atomic E-state index is 0.211. The van der Waals surface area contributed by atoms with Gasteiger partial charge in [-0.25, -0.2) is 4.39 Å². The number of nitrogens with zero attached hydrogens (tertiary/aromatic N) is 1. The minimum Gasteiger partial charge on any atom is -0.481 e. The van der Waals surface area contributed by atoms with E-state index in [0.717, 1.165) is 0 Å². The molecule has 0 saturated carbocycles. The van der Waals surface area contributed by atoms with E-state index in [2.05, 4.69) is 15.9 Å². The molecule has 0 spiro atoms. The molecule has 1 fully saturated rings. The number of halogens is 2. The van der Waals surface area contributed by atoms with E-state index in [9.17, 15) is 14.0 Å². The smallest absolute Gasteiger partial charge is 0.310 e. The zero-order chi connectivity index (χ0) is 12.6. The first-order chi connectivity index (χ1) is 7.99. The van der Waals surface area contributed by atoms with Gasteiger partial charge >= 0.3 is 5.97 Å². The van der Waals surface area contributed by atoms with Crippen LogP contribution in [-0.2, 0) is 4.79 Å². The quantitative estimate of drug-likeness (QED) is 0.905. The maximum Gasteiger partial charge on any atom is 0.310 e. The predicted molar refractivity (Wildman–Crippen MR) is 61.1 cm³/mol. The number of amides is 1. The number of rotatable bonds is 2. The van der Waals surface area contributed by atoms with E-state index in [0.29, 0.717) is 5.56 Å². The van der Waals surface area contributed by atoms with E-state index in [1.807, 2.05) is 0 Å². The summed E-state index contributed by atoms with van der Waals surface area (Å²) >= 11 is 3.00. The Hall–Kier alpha value is -1.43. The van der Waals surface area contributed by atoms with E-state index < -0.39 is 17.7 Å². The predicted octanol–water partition coefficient (Wildman–Crippen LogP) is 1.74. The average Bonchev–Trinajstić information content (AvgIpc) is 2.19. The van der Waals surface area contributed by atoms with Crippen molar-refractivity contribution in [3.05, 3.63) is 34.1 Å². The molecule has 0 aromatic heterocycles. The van der Waals surface area contributed by atoms with Crippen molar-refractivity contribution in [2.45, 2.75) is 0 Å². The number of carbonyl (C=O) groups is 2. The molecule has 6 heteroatoms. The second-order valence-electron chi connectivity index (χ2n) is 3.87. The molecule has 0 unspecified atom stereocenters. The van der Waals surface area contributed by atoms with Gasteiger partial charge in [0.25, 0.3) is 5.91 Å². The van der Waals surface area contributed by atoms with Gasteiger partial charge in [0.2, 0.25) is 0 Å². The van der Waals surface area contributed by atoms with Gasteiger partial charge in [-0.2, -0.15) is 0 Å². The van der Waals surface area contributed by atoms with Gasteiger partial charge in [0.1, 0.15) is 5.82 Å². The Morgan fingerprint density at radius 1 is 1.41 bits per heavy atom. The van der Waals surface area contributed by atoms with Gasteiger partial charge in [-0.05, 0) is 34.1 Å². The molecule has 1 aliphatic rings. The van der Waals surface area contributed by atoms with Crippen LogP contribution in [0, 0.1) is 11.7 Å². The van der Waals surface area contributed by atoms with Gasteiger partial charge in [0.15, 0.2) is 0 Å². The Labute approximate surface area is 105 Å². The van der Waals surface area contributed by atoms with Crippen LogP contribution in [0.2, 0.25) is 0 Å². The molecule has 1 saturated heterocycles. The van der Waals surface area contributed by atoms with E-state index in [-0.39, 0.29) is 23.5 Å². The summed E-state index contributed by atoms with van der Waals surface area (Å²) in [5, 5.41) is 8.69. The summed E-state index contributed by atoms with van der Waals surface area (Å²) in [7, 11) is 0. The molecule has 0 bridgehead atoms. The molecule has 1 heterocycles. The lowest BCUT2D eigenvalue weighted by molar-refractivity contribution is -0.146. The van der Waals surface area contributed by atoms with Crippen LogP contribution in [0.5, 0.6) is 0 Å². The summed E-state index contributed by atoms with van der Waals surface area (Å²) in [6, 6.07) is 3.98. The zero-order valence-corrected chi connectivity index (χ0v) is 10.3. The van der Waals surface area contributed by atoms with Crippen LogP contribution in [0.1, 0.15) is 10.4 Å². The number of carboxylic acid groups (broad SMARTS) is 1. The van der Waals surface area contributed by atoms with Crippen LogP contribution in [-0.4, -0.2) is 35.0 Å². The molecule has 1 N–H and O–H groups in total. The lowest BCUT2D eigenvalue weighted by atomic mass is 9.99. The Morgan fingerprint density at radius 3 is 2.59 bits per heavy atom. The maximum atomic E-state index is 13.0. The largest absolute Gasteiger partial charge is 0.481 e. The fourth-order valence-corrected chi connectivity index (χ4v) is 1.99. The van der Waals surface area contributed by atoms with Gasteiger partial charge < -0.3 is 10.0 Å². The van der Waals surface area contributed by atoms with Crippen molar-refractivity contribution in [1.82, 2.24) is 4.90 Å². The highest BCUT2D eigenvalue weighted by Gasteiger charge is 2.35. The Bertz CT molecular complexity index is 486. The highest BCUT2D eigenvalue weighted by molar-refractivity contribution is 9.10. The number of hydrogen-bond donors (Lipinski definition) is 1. The van der Waals surface area contributed by atoms with Crippen molar-refractivity contribution in [2.75, 3.05) is 13.1 Å². The monoisotopic (exact) mass is 301 g/mol. The molecule has 1 aromatic carbocycles. The summed E-state index contributed by atoms with van der Waals surface area (Å²) in [6.45, 7) is 0.423. The van der Waals surface area contributed by atoms with Crippen molar-refractivity contribution in [1.29, 1.82) is 0 Å². The van der Waals surface area contributed by atoms with Crippen LogP contribution in [0.3, 0.4) is 0 Å². The highest BCUT2D eigenvalue weighted by atomic mass is 79.9. The van der Waals surface area contributed by atoms with Crippen molar-refractivity contribution in [3.63, 3.8) is 0 Å². The lowest BCUT2D eigenvalue weighted by Gasteiger charge is -2.36. The summed E-state index contributed by atoms with van der Waals surface area (Å²) in [5.74, 6) is -2.09. The van der Waals surface area contributed by atoms with Gasteiger partial charge in [0.05, 0.1) is 10.4 Å². The van der Waals surface area contributed by atoms with Gasteiger partial charge in [-0.3, -0.25) is 9.59 Å².